The van der Waals surface area contributed by atoms with Crippen molar-refractivity contribution in [3.8, 4) is 0 Å². The van der Waals surface area contributed by atoms with E-state index >= 15 is 0 Å². The number of hydrogen-bond donors (Lipinski definition) is 2. The van der Waals surface area contributed by atoms with Crippen LogP contribution in [-0.2, 0) is 6.54 Å². The van der Waals surface area contributed by atoms with Crippen LogP contribution in [0.2, 0.25) is 0 Å². The standard InChI is InChI=1S/C12H17F2N3O/c13-11(14)9-17(7-6-15)12(18)16-8-10-4-2-1-3-5-10/h1-5,11H,6-9,15H2,(H,16,18). The molecule has 0 spiro atoms. The van der Waals surface area contributed by atoms with Crippen LogP contribution in [0.15, 0.2) is 30.3 Å². The molecule has 18 heavy (non-hydrogen) atoms. The average Bonchev–Trinajstić information content (AvgIpc) is 2.36. The van der Waals surface area contributed by atoms with Crippen molar-refractivity contribution in [2.45, 2.75) is 13.0 Å². The second kappa shape index (κ2) is 7.60. The maximum Gasteiger partial charge on any atom is 0.317 e. The SMILES string of the molecule is NCCN(CC(F)F)C(=O)NCc1ccccc1. The molecule has 0 radical (unpaired) electrons. The minimum absolute atomic E-state index is 0.116. The predicted molar refractivity (Wildman–Crippen MR) is 65.3 cm³/mol. The van der Waals surface area contributed by atoms with Gasteiger partial charge in [0.2, 0.25) is 0 Å². The Bertz CT molecular complexity index is 360. The van der Waals surface area contributed by atoms with E-state index in [4.69, 9.17) is 5.73 Å². The summed E-state index contributed by atoms with van der Waals surface area (Å²) >= 11 is 0. The lowest BCUT2D eigenvalue weighted by atomic mass is 10.2. The molecule has 2 amide bonds. The van der Waals surface area contributed by atoms with E-state index in [-0.39, 0.29) is 13.1 Å². The Balaban J connectivity index is 2.46. The molecule has 0 fully saturated rings. The molecule has 100 valence electrons. The summed E-state index contributed by atoms with van der Waals surface area (Å²) in [5.41, 5.74) is 6.20. The third-order valence-corrected chi connectivity index (χ3v) is 2.33. The van der Waals surface area contributed by atoms with Crippen LogP contribution >= 0.6 is 0 Å². The maximum absolute atomic E-state index is 12.3. The number of halogens is 2. The Kier molecular flexibility index (Phi) is 6.07. The summed E-state index contributed by atoms with van der Waals surface area (Å²) in [5.74, 6) is 0. The first-order valence-corrected chi connectivity index (χ1v) is 5.68. The van der Waals surface area contributed by atoms with Crippen molar-refractivity contribution in [3.63, 3.8) is 0 Å². The Morgan fingerprint density at radius 1 is 1.33 bits per heavy atom. The van der Waals surface area contributed by atoms with E-state index in [0.717, 1.165) is 10.5 Å². The summed E-state index contributed by atoms with van der Waals surface area (Å²) in [6.07, 6.45) is -2.56. The molecule has 0 aromatic heterocycles. The number of rotatable bonds is 6. The van der Waals surface area contributed by atoms with E-state index in [0.29, 0.717) is 6.54 Å². The van der Waals surface area contributed by atoms with E-state index < -0.39 is 19.0 Å². The molecule has 3 N–H and O–H groups in total. The molecule has 1 aromatic carbocycles. The van der Waals surface area contributed by atoms with Crippen LogP contribution in [0.5, 0.6) is 0 Å². The molecule has 0 aliphatic heterocycles. The van der Waals surface area contributed by atoms with Crippen LogP contribution in [0, 0.1) is 0 Å². The minimum atomic E-state index is -2.56. The highest BCUT2D eigenvalue weighted by atomic mass is 19.3. The number of alkyl halides is 2. The second-order valence-corrected chi connectivity index (χ2v) is 3.77. The van der Waals surface area contributed by atoms with Crippen molar-refractivity contribution >= 4 is 6.03 Å². The van der Waals surface area contributed by atoms with Crippen LogP contribution in [0.25, 0.3) is 0 Å². The number of urea groups is 1. The van der Waals surface area contributed by atoms with Gasteiger partial charge in [0, 0.05) is 19.6 Å². The molecule has 1 rings (SSSR count). The topological polar surface area (TPSA) is 58.4 Å². The van der Waals surface area contributed by atoms with Gasteiger partial charge in [-0.25, -0.2) is 13.6 Å². The first-order chi connectivity index (χ1) is 8.63. The van der Waals surface area contributed by atoms with Gasteiger partial charge in [-0.2, -0.15) is 0 Å². The third-order valence-electron chi connectivity index (χ3n) is 2.33. The summed E-state index contributed by atoms with van der Waals surface area (Å²) in [5, 5.41) is 2.59. The Hall–Kier alpha value is -1.69. The number of nitrogens with two attached hydrogens (primary N) is 1. The molecule has 0 aliphatic carbocycles. The van der Waals surface area contributed by atoms with Gasteiger partial charge in [-0.05, 0) is 5.56 Å². The van der Waals surface area contributed by atoms with E-state index in [2.05, 4.69) is 5.32 Å². The van der Waals surface area contributed by atoms with E-state index in [1.54, 1.807) is 0 Å². The van der Waals surface area contributed by atoms with Crippen LogP contribution in [0.1, 0.15) is 5.56 Å². The number of hydrogen-bond acceptors (Lipinski definition) is 2. The van der Waals surface area contributed by atoms with Gasteiger partial charge in [0.05, 0.1) is 6.54 Å². The normalized spacial score (nSPS) is 10.4. The van der Waals surface area contributed by atoms with Crippen molar-refractivity contribution in [2.75, 3.05) is 19.6 Å². The lowest BCUT2D eigenvalue weighted by molar-refractivity contribution is 0.0994. The molecule has 1 aromatic rings. The second-order valence-electron chi connectivity index (χ2n) is 3.77. The summed E-state index contributed by atoms with van der Waals surface area (Å²) < 4.78 is 24.5. The Morgan fingerprint density at radius 3 is 2.56 bits per heavy atom. The number of amides is 2. The van der Waals surface area contributed by atoms with Crippen LogP contribution in [-0.4, -0.2) is 37.0 Å². The van der Waals surface area contributed by atoms with E-state index in [9.17, 15) is 13.6 Å². The molecular formula is C12H17F2N3O. The van der Waals surface area contributed by atoms with Crippen molar-refractivity contribution in [1.82, 2.24) is 10.2 Å². The first kappa shape index (κ1) is 14.4. The average molecular weight is 257 g/mol. The molecule has 6 heteroatoms. The van der Waals surface area contributed by atoms with Crippen molar-refractivity contribution in [3.05, 3.63) is 35.9 Å². The zero-order valence-electron chi connectivity index (χ0n) is 9.98. The first-order valence-electron chi connectivity index (χ1n) is 5.68. The van der Waals surface area contributed by atoms with E-state index in [1.807, 2.05) is 30.3 Å². The quantitative estimate of drug-likeness (QED) is 0.809. The van der Waals surface area contributed by atoms with Gasteiger partial charge in [0.15, 0.2) is 0 Å². The van der Waals surface area contributed by atoms with E-state index in [1.165, 1.54) is 0 Å². The summed E-state index contributed by atoms with van der Waals surface area (Å²) in [6, 6.07) is 8.73. The fourth-order valence-corrected chi connectivity index (χ4v) is 1.48. The maximum atomic E-state index is 12.3. The molecule has 0 aliphatic rings. The third kappa shape index (κ3) is 5.09. The van der Waals surface area contributed by atoms with Gasteiger partial charge in [0.1, 0.15) is 0 Å². The monoisotopic (exact) mass is 257 g/mol. The van der Waals surface area contributed by atoms with Crippen LogP contribution in [0.4, 0.5) is 13.6 Å². The number of nitrogens with zero attached hydrogens (tertiary/aromatic N) is 1. The van der Waals surface area contributed by atoms with Gasteiger partial charge >= 0.3 is 6.03 Å². The lowest BCUT2D eigenvalue weighted by Gasteiger charge is -2.21. The molecule has 4 nitrogen and oxygen atoms in total. The molecule has 0 saturated heterocycles. The lowest BCUT2D eigenvalue weighted by Crippen LogP contribution is -2.44. The van der Waals surface area contributed by atoms with Crippen LogP contribution < -0.4 is 11.1 Å². The summed E-state index contributed by atoms with van der Waals surface area (Å²) in [4.78, 5) is 12.7. The zero-order chi connectivity index (χ0) is 13.4. The minimum Gasteiger partial charge on any atom is -0.334 e. The van der Waals surface area contributed by atoms with Crippen molar-refractivity contribution in [2.24, 2.45) is 5.73 Å². The van der Waals surface area contributed by atoms with Gasteiger partial charge in [-0.1, -0.05) is 30.3 Å². The highest BCUT2D eigenvalue weighted by molar-refractivity contribution is 5.74. The molecule has 0 unspecified atom stereocenters. The molecule has 0 bridgehead atoms. The zero-order valence-corrected chi connectivity index (χ0v) is 9.98. The number of carbonyl (C=O) groups excluding carboxylic acids is 1. The van der Waals surface area contributed by atoms with Gasteiger partial charge in [-0.15, -0.1) is 0 Å². The van der Waals surface area contributed by atoms with Gasteiger partial charge in [-0.3, -0.25) is 0 Å². The molecule has 0 heterocycles. The molecule has 0 atom stereocenters. The highest BCUT2D eigenvalue weighted by Crippen LogP contribution is 2.01. The largest absolute Gasteiger partial charge is 0.334 e. The van der Waals surface area contributed by atoms with Gasteiger partial charge in [0.25, 0.3) is 6.43 Å². The number of nitrogens with one attached hydrogen (secondary N) is 1. The van der Waals surface area contributed by atoms with Crippen LogP contribution in [0.3, 0.4) is 0 Å². The number of benzene rings is 1. The summed E-state index contributed by atoms with van der Waals surface area (Å²) in [7, 11) is 0. The smallest absolute Gasteiger partial charge is 0.317 e. The van der Waals surface area contributed by atoms with Crippen molar-refractivity contribution < 1.29 is 13.6 Å². The molecular weight excluding hydrogens is 240 g/mol. The van der Waals surface area contributed by atoms with Crippen molar-refractivity contribution in [1.29, 1.82) is 0 Å². The highest BCUT2D eigenvalue weighted by Gasteiger charge is 2.16. The summed E-state index contributed by atoms with van der Waals surface area (Å²) in [6.45, 7) is -0.0156. The van der Waals surface area contributed by atoms with Gasteiger partial charge < -0.3 is 16.0 Å². The Morgan fingerprint density at radius 2 is 2.00 bits per heavy atom. The fraction of sp³-hybridized carbons (Fsp3) is 0.417. The predicted octanol–water partition coefficient (Wildman–Crippen LogP) is 1.42. The number of carbonyl (C=O) groups is 1. The Labute approximate surface area is 105 Å². The molecule has 0 saturated carbocycles. The fourth-order valence-electron chi connectivity index (χ4n) is 1.48.